The molecule has 0 spiro atoms. The van der Waals surface area contributed by atoms with E-state index in [9.17, 15) is 8.42 Å². The van der Waals surface area contributed by atoms with Crippen LogP contribution in [0.5, 0.6) is 0 Å². The van der Waals surface area contributed by atoms with Gasteiger partial charge in [-0.15, -0.1) is 0 Å². The van der Waals surface area contributed by atoms with E-state index in [4.69, 9.17) is 5.26 Å². The highest BCUT2D eigenvalue weighted by Crippen LogP contribution is 2.23. The number of anilines is 1. The number of sulfonamides is 1. The van der Waals surface area contributed by atoms with Crippen LogP contribution in [0, 0.1) is 11.3 Å². The van der Waals surface area contributed by atoms with Crippen LogP contribution in [0.1, 0.15) is 11.1 Å². The number of nitrogens with zero attached hydrogens (tertiary/aromatic N) is 3. The second-order valence-electron chi connectivity index (χ2n) is 5.24. The van der Waals surface area contributed by atoms with Crippen molar-refractivity contribution < 1.29 is 8.42 Å². The maximum Gasteiger partial charge on any atom is 0.244 e. The second-order valence-corrected chi connectivity index (χ2v) is 6.95. The Morgan fingerprint density at radius 3 is 3.00 bits per heavy atom. The van der Waals surface area contributed by atoms with Gasteiger partial charge in [0, 0.05) is 31.5 Å². The van der Waals surface area contributed by atoms with Crippen LogP contribution in [-0.4, -0.2) is 30.8 Å². The third-order valence-electron chi connectivity index (χ3n) is 3.55. The summed E-state index contributed by atoms with van der Waals surface area (Å²) in [5.74, 6) is 0. The zero-order chi connectivity index (χ0) is 15.7. The average molecular weight is 317 g/mol. The van der Waals surface area contributed by atoms with Gasteiger partial charge in [-0.2, -0.15) is 10.4 Å². The quantitative estimate of drug-likeness (QED) is 0.864. The lowest BCUT2D eigenvalue weighted by atomic mass is 9.98. The molecule has 8 heteroatoms. The van der Waals surface area contributed by atoms with Crippen LogP contribution in [0.25, 0.3) is 0 Å². The topological polar surface area (TPSA) is 99.8 Å². The van der Waals surface area contributed by atoms with Crippen LogP contribution in [0.4, 0.5) is 5.69 Å². The fourth-order valence-electron chi connectivity index (χ4n) is 2.48. The van der Waals surface area contributed by atoms with E-state index in [1.807, 2.05) is 6.07 Å². The maximum atomic E-state index is 12.3. The number of aromatic nitrogens is 2. The Kier molecular flexibility index (Phi) is 3.60. The number of nitriles is 1. The first-order valence-electron chi connectivity index (χ1n) is 6.76. The molecule has 3 rings (SSSR count). The molecule has 2 aromatic rings. The first-order chi connectivity index (χ1) is 10.5. The molecule has 1 aromatic heterocycles. The lowest BCUT2D eigenvalue weighted by Gasteiger charge is -2.26. The predicted molar refractivity (Wildman–Crippen MR) is 80.7 cm³/mol. The van der Waals surface area contributed by atoms with E-state index in [1.54, 1.807) is 19.2 Å². The molecule has 0 bridgehead atoms. The second kappa shape index (κ2) is 5.44. The molecule has 0 fully saturated rings. The lowest BCUT2D eigenvalue weighted by molar-refractivity contribution is 0.548. The van der Waals surface area contributed by atoms with E-state index < -0.39 is 10.0 Å². The third-order valence-corrected chi connectivity index (χ3v) is 5.03. The minimum atomic E-state index is -3.60. The van der Waals surface area contributed by atoms with E-state index in [2.05, 4.69) is 21.2 Å². The standard InChI is InChI=1S/C14H15N5O2S/c1-19-9-13(8-17-19)22(20,21)18-12-5-11-4-10(6-15)2-3-14(11)16-7-12/h2-4,8-9,12,16,18H,5,7H2,1H3. The van der Waals surface area contributed by atoms with E-state index in [0.29, 0.717) is 18.5 Å². The Hall–Kier alpha value is -2.37. The molecule has 0 saturated heterocycles. The van der Waals surface area contributed by atoms with Crippen molar-refractivity contribution in [3.63, 3.8) is 0 Å². The van der Waals surface area contributed by atoms with Crippen LogP contribution in [0.3, 0.4) is 0 Å². The first kappa shape index (κ1) is 14.6. The van der Waals surface area contributed by atoms with Gasteiger partial charge >= 0.3 is 0 Å². The third kappa shape index (κ3) is 2.81. The summed E-state index contributed by atoms with van der Waals surface area (Å²) in [4.78, 5) is 0.145. The Bertz CT molecular complexity index is 850. The molecule has 2 N–H and O–H groups in total. The monoisotopic (exact) mass is 317 g/mol. The van der Waals surface area contributed by atoms with Crippen LogP contribution in [-0.2, 0) is 23.5 Å². The van der Waals surface area contributed by atoms with Gasteiger partial charge < -0.3 is 5.32 Å². The zero-order valence-electron chi connectivity index (χ0n) is 11.9. The number of rotatable bonds is 3. The number of hydrogen-bond donors (Lipinski definition) is 2. The lowest BCUT2D eigenvalue weighted by Crippen LogP contribution is -2.43. The number of hydrogen-bond acceptors (Lipinski definition) is 5. The first-order valence-corrected chi connectivity index (χ1v) is 8.24. The van der Waals surface area contributed by atoms with Gasteiger partial charge in [0.2, 0.25) is 10.0 Å². The molecular formula is C14H15N5O2S. The molecule has 0 radical (unpaired) electrons. The van der Waals surface area contributed by atoms with Gasteiger partial charge in [0.1, 0.15) is 4.90 Å². The summed E-state index contributed by atoms with van der Waals surface area (Å²) in [5, 5.41) is 16.0. The van der Waals surface area contributed by atoms with Gasteiger partial charge in [0.05, 0.1) is 17.8 Å². The summed E-state index contributed by atoms with van der Waals surface area (Å²) in [7, 11) is -1.93. The number of fused-ring (bicyclic) bond motifs is 1. The fraction of sp³-hybridized carbons (Fsp3) is 0.286. The van der Waals surface area contributed by atoms with E-state index in [-0.39, 0.29) is 10.9 Å². The van der Waals surface area contributed by atoms with Gasteiger partial charge in [-0.3, -0.25) is 4.68 Å². The molecule has 2 heterocycles. The molecule has 1 atom stereocenters. The van der Waals surface area contributed by atoms with Gasteiger partial charge in [0.25, 0.3) is 0 Å². The average Bonchev–Trinajstić information content (AvgIpc) is 2.93. The minimum Gasteiger partial charge on any atom is -0.383 e. The van der Waals surface area contributed by atoms with Gasteiger partial charge in [-0.25, -0.2) is 13.1 Å². The molecule has 1 unspecified atom stereocenters. The van der Waals surface area contributed by atoms with Gasteiger partial charge in [0.15, 0.2) is 0 Å². The Balaban J connectivity index is 1.79. The SMILES string of the molecule is Cn1cc(S(=O)(=O)NC2CNc3ccc(C#N)cc3C2)cn1. The molecule has 1 aliphatic heterocycles. The summed E-state index contributed by atoms with van der Waals surface area (Å²) >= 11 is 0. The van der Waals surface area contributed by atoms with E-state index >= 15 is 0 Å². The summed E-state index contributed by atoms with van der Waals surface area (Å²) in [6.45, 7) is 0.498. The van der Waals surface area contributed by atoms with Crippen LogP contribution < -0.4 is 10.0 Å². The summed E-state index contributed by atoms with van der Waals surface area (Å²) in [6.07, 6.45) is 3.32. The van der Waals surface area contributed by atoms with Crippen molar-refractivity contribution in [3.05, 3.63) is 41.7 Å². The molecule has 22 heavy (non-hydrogen) atoms. The number of benzene rings is 1. The molecular weight excluding hydrogens is 302 g/mol. The number of nitrogens with one attached hydrogen (secondary N) is 2. The highest BCUT2D eigenvalue weighted by Gasteiger charge is 2.25. The minimum absolute atomic E-state index is 0.145. The smallest absolute Gasteiger partial charge is 0.244 e. The zero-order valence-corrected chi connectivity index (χ0v) is 12.8. The van der Waals surface area contributed by atoms with Crippen molar-refractivity contribution in [2.45, 2.75) is 17.4 Å². The van der Waals surface area contributed by atoms with Gasteiger partial charge in [-0.1, -0.05) is 0 Å². The van der Waals surface area contributed by atoms with Crippen molar-refractivity contribution in [1.82, 2.24) is 14.5 Å². The number of aryl methyl sites for hydroxylation is 1. The molecule has 7 nitrogen and oxygen atoms in total. The van der Waals surface area contributed by atoms with Crippen LogP contribution >= 0.6 is 0 Å². The Morgan fingerprint density at radius 1 is 1.50 bits per heavy atom. The van der Waals surface area contributed by atoms with Crippen molar-refractivity contribution in [3.8, 4) is 6.07 Å². The van der Waals surface area contributed by atoms with Crippen LogP contribution in [0.15, 0.2) is 35.5 Å². The van der Waals surface area contributed by atoms with Crippen molar-refractivity contribution in [2.24, 2.45) is 7.05 Å². The summed E-state index contributed by atoms with van der Waals surface area (Å²) in [5.41, 5.74) is 2.44. The Morgan fingerprint density at radius 2 is 2.32 bits per heavy atom. The summed E-state index contributed by atoms with van der Waals surface area (Å²) < 4.78 is 28.7. The highest BCUT2D eigenvalue weighted by molar-refractivity contribution is 7.89. The molecule has 1 aliphatic rings. The predicted octanol–water partition coefficient (Wildman–Crippen LogP) is 0.607. The van der Waals surface area contributed by atoms with E-state index in [1.165, 1.54) is 17.1 Å². The molecule has 0 saturated carbocycles. The van der Waals surface area contributed by atoms with Gasteiger partial charge in [-0.05, 0) is 30.2 Å². The fourth-order valence-corrected chi connectivity index (χ4v) is 3.70. The van der Waals surface area contributed by atoms with Crippen molar-refractivity contribution in [1.29, 1.82) is 5.26 Å². The molecule has 0 amide bonds. The largest absolute Gasteiger partial charge is 0.383 e. The molecule has 1 aromatic carbocycles. The highest BCUT2D eigenvalue weighted by atomic mass is 32.2. The Labute approximate surface area is 128 Å². The summed E-state index contributed by atoms with van der Waals surface area (Å²) in [6, 6.07) is 7.19. The van der Waals surface area contributed by atoms with E-state index in [0.717, 1.165) is 11.3 Å². The van der Waals surface area contributed by atoms with Crippen molar-refractivity contribution >= 4 is 15.7 Å². The normalized spacial score (nSPS) is 17.4. The molecule has 0 aliphatic carbocycles. The van der Waals surface area contributed by atoms with Crippen molar-refractivity contribution in [2.75, 3.05) is 11.9 Å². The van der Waals surface area contributed by atoms with Crippen LogP contribution in [0.2, 0.25) is 0 Å². The maximum absolute atomic E-state index is 12.3. The molecule has 114 valence electrons.